The zero-order valence-corrected chi connectivity index (χ0v) is 12.8. The fourth-order valence-electron chi connectivity index (χ4n) is 2.09. The highest BCUT2D eigenvalue weighted by Gasteiger charge is 2.13. The Balaban J connectivity index is 1.54. The third-order valence-corrected chi connectivity index (χ3v) is 3.52. The molecule has 1 aliphatic heterocycles. The smallest absolute Gasteiger partial charge is 0.231 e. The quantitative estimate of drug-likeness (QED) is 0.817. The van der Waals surface area contributed by atoms with E-state index in [2.05, 4.69) is 10.6 Å². The summed E-state index contributed by atoms with van der Waals surface area (Å²) >= 11 is 5.23. The topological polar surface area (TPSA) is 82.7 Å². The van der Waals surface area contributed by atoms with Gasteiger partial charge < -0.3 is 30.0 Å². The Morgan fingerprint density at radius 2 is 1.87 bits per heavy atom. The molecule has 1 aliphatic rings. The monoisotopic (exact) mass is 329 g/mol. The molecule has 6 nitrogen and oxygen atoms in total. The Hall–Kier alpha value is -2.80. The highest BCUT2D eigenvalue weighted by atomic mass is 32.1. The van der Waals surface area contributed by atoms with E-state index in [4.69, 9.17) is 21.7 Å². The van der Waals surface area contributed by atoms with Crippen molar-refractivity contribution in [2.75, 3.05) is 12.1 Å². The molecule has 0 aromatic heterocycles. The van der Waals surface area contributed by atoms with Crippen LogP contribution in [0.1, 0.15) is 15.9 Å². The van der Waals surface area contributed by atoms with E-state index in [9.17, 15) is 9.90 Å². The van der Waals surface area contributed by atoms with Gasteiger partial charge in [0, 0.05) is 18.3 Å². The summed E-state index contributed by atoms with van der Waals surface area (Å²) in [6.07, 6.45) is 0. The van der Waals surface area contributed by atoms with Crippen LogP contribution in [-0.4, -0.2) is 17.9 Å². The number of carbonyl (C=O) groups excluding carboxylic acids is 1. The Morgan fingerprint density at radius 1 is 1.13 bits per heavy atom. The lowest BCUT2D eigenvalue weighted by atomic mass is 10.1. The molecule has 118 valence electrons. The Morgan fingerprint density at radius 3 is 2.61 bits per heavy atom. The van der Waals surface area contributed by atoms with Gasteiger partial charge in [-0.1, -0.05) is 24.3 Å². The summed E-state index contributed by atoms with van der Waals surface area (Å²) in [5.41, 5.74) is 1.85. The van der Waals surface area contributed by atoms with Crippen molar-refractivity contribution in [1.82, 2.24) is 5.32 Å². The van der Waals surface area contributed by atoms with Crippen molar-refractivity contribution in [3.05, 3.63) is 53.6 Å². The minimum Gasteiger partial charge on any atom is -0.545 e. The van der Waals surface area contributed by atoms with E-state index in [0.29, 0.717) is 23.2 Å². The van der Waals surface area contributed by atoms with Gasteiger partial charge in [0.2, 0.25) is 6.79 Å². The van der Waals surface area contributed by atoms with Crippen LogP contribution in [0.4, 0.5) is 5.69 Å². The van der Waals surface area contributed by atoms with E-state index in [1.807, 2.05) is 18.2 Å². The van der Waals surface area contributed by atoms with Crippen LogP contribution < -0.4 is 25.2 Å². The van der Waals surface area contributed by atoms with Crippen LogP contribution in [0.3, 0.4) is 0 Å². The summed E-state index contributed by atoms with van der Waals surface area (Å²) in [5.74, 6) is 0.197. The second kappa shape index (κ2) is 6.53. The second-order valence-electron chi connectivity index (χ2n) is 4.86. The molecule has 2 aromatic carbocycles. The number of hydrogen-bond acceptors (Lipinski definition) is 5. The molecule has 2 N–H and O–H groups in total. The number of rotatable bonds is 4. The standard InChI is InChI=1S/C16H14N2O4S/c19-15(20)11-3-1-10(2-4-11)8-17-16(23)18-12-5-6-13-14(7-12)22-9-21-13/h1-7H,8-9H2,(H,19,20)(H2,17,18,23)/p-1. The third kappa shape index (κ3) is 3.70. The van der Waals surface area contributed by atoms with E-state index in [0.717, 1.165) is 11.3 Å². The van der Waals surface area contributed by atoms with Crippen LogP contribution >= 0.6 is 12.2 Å². The molecular weight excluding hydrogens is 316 g/mol. The van der Waals surface area contributed by atoms with Gasteiger partial charge in [-0.15, -0.1) is 0 Å². The molecular formula is C16H13N2O4S-. The zero-order valence-electron chi connectivity index (χ0n) is 12.0. The number of nitrogens with one attached hydrogen (secondary N) is 2. The molecule has 0 saturated heterocycles. The lowest BCUT2D eigenvalue weighted by Crippen LogP contribution is -2.28. The van der Waals surface area contributed by atoms with E-state index in [1.165, 1.54) is 12.1 Å². The molecule has 23 heavy (non-hydrogen) atoms. The number of benzene rings is 2. The molecule has 2 aromatic rings. The number of carboxylic acids is 1. The lowest BCUT2D eigenvalue weighted by molar-refractivity contribution is -0.255. The summed E-state index contributed by atoms with van der Waals surface area (Å²) in [4.78, 5) is 10.7. The predicted octanol–water partition coefficient (Wildman–Crippen LogP) is 1.27. The molecule has 0 atom stereocenters. The Kier molecular flexibility index (Phi) is 4.29. The van der Waals surface area contributed by atoms with Gasteiger partial charge in [0.25, 0.3) is 0 Å². The summed E-state index contributed by atoms with van der Waals surface area (Å²) in [7, 11) is 0. The molecule has 0 bridgehead atoms. The maximum atomic E-state index is 10.7. The molecule has 0 radical (unpaired) electrons. The number of thiocarbonyl (C=S) groups is 1. The lowest BCUT2D eigenvalue weighted by Gasteiger charge is -2.11. The van der Waals surface area contributed by atoms with Crippen molar-refractivity contribution in [3.63, 3.8) is 0 Å². The van der Waals surface area contributed by atoms with Gasteiger partial charge in [-0.25, -0.2) is 0 Å². The summed E-state index contributed by atoms with van der Waals surface area (Å²) in [6, 6.07) is 11.9. The molecule has 0 saturated carbocycles. The minimum atomic E-state index is -1.19. The number of carbonyl (C=O) groups is 1. The molecule has 3 rings (SSSR count). The van der Waals surface area contributed by atoms with Gasteiger partial charge in [-0.05, 0) is 35.5 Å². The van der Waals surface area contributed by atoms with Crippen molar-refractivity contribution in [3.8, 4) is 11.5 Å². The first-order chi connectivity index (χ1) is 11.1. The van der Waals surface area contributed by atoms with Gasteiger partial charge >= 0.3 is 0 Å². The van der Waals surface area contributed by atoms with Crippen LogP contribution in [-0.2, 0) is 6.54 Å². The van der Waals surface area contributed by atoms with Gasteiger partial charge in [0.15, 0.2) is 16.6 Å². The normalized spacial score (nSPS) is 11.8. The van der Waals surface area contributed by atoms with Crippen molar-refractivity contribution >= 4 is 29.0 Å². The first kappa shape index (κ1) is 15.1. The molecule has 1 heterocycles. The number of anilines is 1. The fraction of sp³-hybridized carbons (Fsp3) is 0.125. The summed E-state index contributed by atoms with van der Waals surface area (Å²) < 4.78 is 10.5. The first-order valence-electron chi connectivity index (χ1n) is 6.86. The number of ether oxygens (including phenoxy) is 2. The molecule has 0 amide bonds. The minimum absolute atomic E-state index is 0.148. The SMILES string of the molecule is O=C([O-])c1ccc(CNC(=S)Nc2ccc3c(c2)OCO3)cc1. The van der Waals surface area contributed by atoms with Crippen LogP contribution in [0, 0.1) is 0 Å². The third-order valence-electron chi connectivity index (χ3n) is 3.27. The maximum absolute atomic E-state index is 10.7. The van der Waals surface area contributed by atoms with Crippen LogP contribution in [0.2, 0.25) is 0 Å². The number of aromatic carboxylic acids is 1. The van der Waals surface area contributed by atoms with E-state index in [1.54, 1.807) is 12.1 Å². The average Bonchev–Trinajstić information content (AvgIpc) is 3.01. The van der Waals surface area contributed by atoms with Crippen molar-refractivity contribution in [2.24, 2.45) is 0 Å². The average molecular weight is 329 g/mol. The summed E-state index contributed by atoms with van der Waals surface area (Å²) in [5, 5.41) is 17.2. The van der Waals surface area contributed by atoms with Gasteiger partial charge in [0.05, 0.1) is 5.97 Å². The number of fused-ring (bicyclic) bond motifs is 1. The van der Waals surface area contributed by atoms with Crippen LogP contribution in [0.25, 0.3) is 0 Å². The Labute approximate surface area is 138 Å². The van der Waals surface area contributed by atoms with Crippen LogP contribution in [0.5, 0.6) is 11.5 Å². The van der Waals surface area contributed by atoms with Crippen molar-refractivity contribution < 1.29 is 19.4 Å². The van der Waals surface area contributed by atoms with Crippen molar-refractivity contribution in [2.45, 2.75) is 6.54 Å². The summed E-state index contributed by atoms with van der Waals surface area (Å²) in [6.45, 7) is 0.701. The van der Waals surface area contributed by atoms with E-state index < -0.39 is 5.97 Å². The molecule has 7 heteroatoms. The fourth-order valence-corrected chi connectivity index (χ4v) is 2.28. The molecule has 0 spiro atoms. The number of carboxylic acid groups (broad SMARTS) is 1. The largest absolute Gasteiger partial charge is 0.545 e. The maximum Gasteiger partial charge on any atom is 0.231 e. The molecule has 0 unspecified atom stereocenters. The van der Waals surface area contributed by atoms with E-state index in [-0.39, 0.29) is 12.4 Å². The van der Waals surface area contributed by atoms with Gasteiger partial charge in [-0.3, -0.25) is 0 Å². The highest BCUT2D eigenvalue weighted by Crippen LogP contribution is 2.34. The molecule has 0 fully saturated rings. The number of hydrogen-bond donors (Lipinski definition) is 2. The highest BCUT2D eigenvalue weighted by molar-refractivity contribution is 7.80. The van der Waals surface area contributed by atoms with Gasteiger partial charge in [0.1, 0.15) is 0 Å². The first-order valence-corrected chi connectivity index (χ1v) is 7.27. The zero-order chi connectivity index (χ0) is 16.2. The van der Waals surface area contributed by atoms with E-state index >= 15 is 0 Å². The molecule has 0 aliphatic carbocycles. The van der Waals surface area contributed by atoms with Crippen molar-refractivity contribution in [1.29, 1.82) is 0 Å². The predicted molar refractivity (Wildman–Crippen MR) is 86.4 cm³/mol. The Bertz CT molecular complexity index is 746. The second-order valence-corrected chi connectivity index (χ2v) is 5.27. The van der Waals surface area contributed by atoms with Gasteiger partial charge in [-0.2, -0.15) is 0 Å². The van der Waals surface area contributed by atoms with Crippen LogP contribution in [0.15, 0.2) is 42.5 Å².